The zero-order chi connectivity index (χ0) is 12.1. The summed E-state index contributed by atoms with van der Waals surface area (Å²) < 4.78 is 0. The van der Waals surface area contributed by atoms with Gasteiger partial charge in [0.25, 0.3) is 0 Å². The first-order chi connectivity index (χ1) is 6.33. The summed E-state index contributed by atoms with van der Waals surface area (Å²) in [5.74, 6) is 1.24. The van der Waals surface area contributed by atoms with Crippen LogP contribution in [-0.4, -0.2) is 12.0 Å². The predicted molar refractivity (Wildman–Crippen MR) is 72.5 cm³/mol. The fourth-order valence-electron chi connectivity index (χ4n) is 0. The van der Waals surface area contributed by atoms with Crippen molar-refractivity contribution in [3.05, 3.63) is 13.2 Å². The molecule has 0 nitrogen and oxygen atoms in total. The predicted octanol–water partition coefficient (Wildman–Crippen LogP) is 4.86. The maximum atomic E-state index is 4.00. The van der Waals surface area contributed by atoms with Crippen LogP contribution < -0.4 is 0 Å². The fraction of sp³-hybridized carbons (Fsp3) is 0.667. The van der Waals surface area contributed by atoms with Crippen LogP contribution in [0.1, 0.15) is 41.0 Å². The Hall–Kier alpha value is -0.350. The first-order valence-electron chi connectivity index (χ1n) is 4.65. The van der Waals surface area contributed by atoms with E-state index in [1.807, 2.05) is 25.6 Å². The Balaban J connectivity index is -0.0000000215. The molecule has 0 bridgehead atoms. The summed E-state index contributed by atoms with van der Waals surface area (Å²) in [5.41, 5.74) is 0. The average molecular weight is 204 g/mol. The van der Waals surface area contributed by atoms with E-state index in [2.05, 4.69) is 53.0 Å². The first kappa shape index (κ1) is 29.3. The highest BCUT2D eigenvalue weighted by molar-refractivity contribution is 7.98. The van der Waals surface area contributed by atoms with Gasteiger partial charge in [-0.25, -0.2) is 0 Å². The second-order valence-corrected chi connectivity index (χ2v) is 2.44. The number of rotatable bonds is 1. The van der Waals surface area contributed by atoms with Crippen LogP contribution in [0.4, 0.5) is 0 Å². The molecule has 0 aliphatic rings. The molecule has 0 heterocycles. The lowest BCUT2D eigenvalue weighted by Gasteiger charge is -1.69. The molecule has 0 aromatic carbocycles. The Bertz CT molecular complexity index is 37.6. The Morgan fingerprint density at radius 3 is 1.08 bits per heavy atom. The summed E-state index contributed by atoms with van der Waals surface area (Å²) in [5, 5.41) is 0. The van der Waals surface area contributed by atoms with Gasteiger partial charge in [-0.05, 0) is 12.0 Å². The van der Waals surface area contributed by atoms with Crippen LogP contribution in [-0.2, 0) is 0 Å². The Morgan fingerprint density at radius 2 is 1.08 bits per heavy atom. The number of hydrogen-bond acceptors (Lipinski definition) is 1. The molecule has 1 heteroatoms. The molecule has 0 fully saturated rings. The van der Waals surface area contributed by atoms with Crippen LogP contribution in [0.2, 0.25) is 0 Å². The summed E-state index contributed by atoms with van der Waals surface area (Å²) in [4.78, 5) is 0. The van der Waals surface area contributed by atoms with E-state index in [4.69, 9.17) is 0 Å². The molecular formula is C12H28S. The van der Waals surface area contributed by atoms with E-state index in [9.17, 15) is 0 Å². The van der Waals surface area contributed by atoms with Crippen molar-refractivity contribution >= 4 is 11.8 Å². The molecular weight excluding hydrogens is 176 g/mol. The highest BCUT2D eigenvalue weighted by atomic mass is 32.2. The molecule has 0 aliphatic heterocycles. The fourth-order valence-corrected chi connectivity index (χ4v) is 0. The third kappa shape index (κ3) is 2570. The van der Waals surface area contributed by atoms with Gasteiger partial charge in [0.2, 0.25) is 0 Å². The molecule has 82 valence electrons. The van der Waals surface area contributed by atoms with E-state index >= 15 is 0 Å². The van der Waals surface area contributed by atoms with Crippen molar-refractivity contribution in [2.75, 3.05) is 12.0 Å². The Kier molecular flexibility index (Phi) is 425. The summed E-state index contributed by atoms with van der Waals surface area (Å²) in [6.07, 6.45) is 11.3. The second-order valence-electron chi connectivity index (χ2n) is 1.28. The topological polar surface area (TPSA) is 0 Å². The molecule has 0 unspecified atom stereocenters. The van der Waals surface area contributed by atoms with Crippen molar-refractivity contribution in [1.82, 2.24) is 0 Å². The quantitative estimate of drug-likeness (QED) is 0.434. The van der Waals surface area contributed by atoms with Crippen molar-refractivity contribution in [2.45, 2.75) is 41.0 Å². The van der Waals surface area contributed by atoms with Gasteiger partial charge in [0.1, 0.15) is 0 Å². The van der Waals surface area contributed by atoms with Gasteiger partial charge in [-0.1, -0.05) is 41.0 Å². The molecule has 0 saturated carbocycles. The van der Waals surface area contributed by atoms with Crippen LogP contribution in [0, 0.1) is 12.8 Å². The molecule has 0 aliphatic carbocycles. The third-order valence-electron chi connectivity index (χ3n) is 0.289. The average Bonchev–Trinajstić information content (AvgIpc) is 2.27. The Morgan fingerprint density at radius 1 is 1.00 bits per heavy atom. The molecule has 0 saturated heterocycles. The molecule has 0 amide bonds. The van der Waals surface area contributed by atoms with Gasteiger partial charge in [-0.15, -0.1) is 26.0 Å². The smallest absolute Gasteiger partial charge is 0.00988 e. The Labute approximate surface area is 91.2 Å². The van der Waals surface area contributed by atoms with Gasteiger partial charge < -0.3 is 0 Å². The van der Waals surface area contributed by atoms with Gasteiger partial charge in [0.05, 0.1) is 0 Å². The highest BCUT2D eigenvalue weighted by Crippen LogP contribution is 1.83. The van der Waals surface area contributed by atoms with Gasteiger partial charge in [0, 0.05) is 0 Å². The molecule has 13 heavy (non-hydrogen) atoms. The molecule has 0 atom stereocenters. The van der Waals surface area contributed by atoms with Crippen molar-refractivity contribution in [2.24, 2.45) is 0 Å². The highest BCUT2D eigenvalue weighted by Gasteiger charge is 1.55. The van der Waals surface area contributed by atoms with Crippen molar-refractivity contribution in [1.29, 1.82) is 0 Å². The van der Waals surface area contributed by atoms with Crippen molar-refractivity contribution < 1.29 is 0 Å². The number of terminal acetylenes is 1. The third-order valence-corrected chi connectivity index (χ3v) is 0.866. The maximum Gasteiger partial charge on any atom is -0.00988 e. The van der Waals surface area contributed by atoms with Gasteiger partial charge in [-0.3, -0.25) is 0 Å². The lowest BCUT2D eigenvalue weighted by Crippen LogP contribution is -1.52. The first-order valence-corrected chi connectivity index (χ1v) is 6.05. The minimum atomic E-state index is 1.24. The summed E-state index contributed by atoms with van der Waals surface area (Å²) in [7, 11) is 0. The summed E-state index contributed by atoms with van der Waals surface area (Å²) in [6.45, 7) is 16.4. The molecule has 0 spiro atoms. The normalized spacial score (nSPS) is 4.62. The summed E-state index contributed by atoms with van der Waals surface area (Å²) in [6, 6.07) is 0. The van der Waals surface area contributed by atoms with Crippen molar-refractivity contribution in [3.63, 3.8) is 0 Å². The van der Waals surface area contributed by atoms with E-state index in [1.165, 1.54) is 12.2 Å². The van der Waals surface area contributed by atoms with Crippen LogP contribution >= 0.6 is 11.8 Å². The lowest BCUT2D eigenvalue weighted by atomic mass is 10.6. The standard InChI is InChI=1S/C3H8S.C3H8.C2H6.C2H4.C2H2/c1-3-4-2;1-3-2;3*1-2/h3H2,1-2H3;3H2,1-2H3;1-2H3;1-2H2;1-2H. The van der Waals surface area contributed by atoms with E-state index in [-0.39, 0.29) is 0 Å². The zero-order valence-corrected chi connectivity index (χ0v) is 11.2. The van der Waals surface area contributed by atoms with Gasteiger partial charge in [0.15, 0.2) is 0 Å². The second kappa shape index (κ2) is 188. The van der Waals surface area contributed by atoms with Crippen LogP contribution in [0.25, 0.3) is 0 Å². The van der Waals surface area contributed by atoms with Crippen LogP contribution in [0.3, 0.4) is 0 Å². The molecule has 0 N–H and O–H groups in total. The van der Waals surface area contributed by atoms with E-state index < -0.39 is 0 Å². The maximum absolute atomic E-state index is 4.00. The van der Waals surface area contributed by atoms with E-state index in [1.54, 1.807) is 0 Å². The zero-order valence-electron chi connectivity index (χ0n) is 10.4. The monoisotopic (exact) mass is 204 g/mol. The van der Waals surface area contributed by atoms with Gasteiger partial charge in [-0.2, -0.15) is 11.8 Å². The largest absolute Gasteiger partial charge is 0.166 e. The van der Waals surface area contributed by atoms with E-state index in [0.717, 1.165) is 0 Å². The molecule has 0 aromatic heterocycles. The molecule has 0 radical (unpaired) electrons. The minimum Gasteiger partial charge on any atom is -0.166 e. The SMILES string of the molecule is C#C.C=C.CC.CCC.CCSC. The summed E-state index contributed by atoms with van der Waals surface area (Å²) >= 11 is 1.86. The molecule has 0 rings (SSSR count). The minimum absolute atomic E-state index is 1.24. The number of thioether (sulfide) groups is 1. The van der Waals surface area contributed by atoms with Crippen molar-refractivity contribution in [3.8, 4) is 12.8 Å². The van der Waals surface area contributed by atoms with Crippen LogP contribution in [0.15, 0.2) is 13.2 Å². The van der Waals surface area contributed by atoms with Crippen LogP contribution in [0.5, 0.6) is 0 Å². The lowest BCUT2D eigenvalue weighted by molar-refractivity contribution is 1.09. The van der Waals surface area contributed by atoms with E-state index in [0.29, 0.717) is 0 Å². The van der Waals surface area contributed by atoms with Gasteiger partial charge >= 0.3 is 0 Å². The molecule has 0 aromatic rings. The number of hydrogen-bond donors (Lipinski definition) is 0.